The lowest BCUT2D eigenvalue weighted by molar-refractivity contribution is -0.147. The van der Waals surface area contributed by atoms with Crippen LogP contribution in [-0.4, -0.2) is 43.7 Å². The van der Waals surface area contributed by atoms with Crippen LogP contribution in [0.1, 0.15) is 19.9 Å². The monoisotopic (exact) mass is 362 g/mol. The van der Waals surface area contributed by atoms with E-state index < -0.39 is 17.6 Å². The van der Waals surface area contributed by atoms with Gasteiger partial charge in [-0.2, -0.15) is 5.10 Å². The Morgan fingerprint density at radius 3 is 2.23 bits per heavy atom. The lowest BCUT2D eigenvalue weighted by atomic mass is 10.1. The zero-order valence-electron chi connectivity index (χ0n) is 15.4. The van der Waals surface area contributed by atoms with E-state index in [9.17, 15) is 9.59 Å². The molecule has 1 aromatic carbocycles. The Labute approximate surface area is 151 Å². The Bertz CT molecular complexity index is 821. The number of nitrogens with zero attached hydrogens (tertiary/aromatic N) is 2. The molecule has 0 saturated carbocycles. The minimum atomic E-state index is -0.843. The van der Waals surface area contributed by atoms with Crippen LogP contribution in [0.2, 0.25) is 0 Å². The van der Waals surface area contributed by atoms with Crippen molar-refractivity contribution in [2.24, 2.45) is 0 Å². The number of hydrogen-bond acceptors (Lipinski definition) is 7. The Kier molecular flexibility index (Phi) is 6.21. The molecule has 140 valence electrons. The van der Waals surface area contributed by atoms with Gasteiger partial charge in [-0.3, -0.25) is 4.79 Å². The fourth-order valence-corrected chi connectivity index (χ4v) is 2.45. The maximum atomic E-state index is 12.1. The summed E-state index contributed by atoms with van der Waals surface area (Å²) in [6, 6.07) is 5.50. The quantitative estimate of drug-likeness (QED) is 0.697. The van der Waals surface area contributed by atoms with Gasteiger partial charge in [-0.1, -0.05) is 0 Å². The molecule has 2 rings (SSSR count). The molecule has 0 aliphatic heterocycles. The summed E-state index contributed by atoms with van der Waals surface area (Å²) in [4.78, 5) is 24.1. The van der Waals surface area contributed by atoms with Crippen molar-refractivity contribution in [3.8, 4) is 28.5 Å². The highest BCUT2D eigenvalue weighted by atomic mass is 16.5. The van der Waals surface area contributed by atoms with Crippen molar-refractivity contribution in [1.82, 2.24) is 9.78 Å². The number of aromatic nitrogens is 2. The molecule has 8 nitrogen and oxygen atoms in total. The van der Waals surface area contributed by atoms with Gasteiger partial charge < -0.3 is 18.9 Å². The summed E-state index contributed by atoms with van der Waals surface area (Å²) in [7, 11) is 4.54. The summed E-state index contributed by atoms with van der Waals surface area (Å²) < 4.78 is 22.0. The Morgan fingerprint density at radius 1 is 1.12 bits per heavy atom. The van der Waals surface area contributed by atoms with E-state index in [4.69, 9.17) is 18.9 Å². The molecule has 1 heterocycles. The molecule has 1 unspecified atom stereocenters. The maximum absolute atomic E-state index is 12.1. The van der Waals surface area contributed by atoms with Crippen molar-refractivity contribution < 1.29 is 23.7 Å². The summed E-state index contributed by atoms with van der Waals surface area (Å²) in [5.41, 5.74) is 0.714. The first-order chi connectivity index (χ1) is 12.5. The highest BCUT2D eigenvalue weighted by Crippen LogP contribution is 2.40. The minimum Gasteiger partial charge on any atom is -0.493 e. The van der Waals surface area contributed by atoms with Crippen LogP contribution >= 0.6 is 0 Å². The van der Waals surface area contributed by atoms with E-state index in [2.05, 4.69) is 5.10 Å². The fraction of sp³-hybridized carbons (Fsp3) is 0.389. The van der Waals surface area contributed by atoms with Gasteiger partial charge in [-0.25, -0.2) is 9.48 Å². The van der Waals surface area contributed by atoms with Gasteiger partial charge in [0.2, 0.25) is 5.75 Å². The third kappa shape index (κ3) is 3.79. The van der Waals surface area contributed by atoms with Crippen LogP contribution in [-0.2, 0) is 9.53 Å². The van der Waals surface area contributed by atoms with Crippen LogP contribution in [0.3, 0.4) is 0 Å². The number of methoxy groups -OCH3 is 3. The van der Waals surface area contributed by atoms with Crippen LogP contribution in [0.25, 0.3) is 11.3 Å². The number of carbonyl (C=O) groups excluding carboxylic acids is 1. The number of carbonyl (C=O) groups is 1. The van der Waals surface area contributed by atoms with Gasteiger partial charge in [-0.05, 0) is 32.0 Å². The van der Waals surface area contributed by atoms with Crippen molar-refractivity contribution in [3.05, 3.63) is 34.6 Å². The van der Waals surface area contributed by atoms with Crippen LogP contribution in [0.4, 0.5) is 0 Å². The predicted molar refractivity (Wildman–Crippen MR) is 94.9 cm³/mol. The molecule has 1 atom stereocenters. The SMILES string of the molecule is CCOC(=O)C(C)n1nc(-c2cc(OC)c(OC)c(OC)c2)ccc1=O. The number of esters is 1. The first-order valence-corrected chi connectivity index (χ1v) is 8.03. The molecule has 0 spiro atoms. The summed E-state index contributed by atoms with van der Waals surface area (Å²) in [5.74, 6) is 0.843. The molecule has 8 heteroatoms. The third-order valence-electron chi connectivity index (χ3n) is 3.78. The number of ether oxygens (including phenoxy) is 4. The van der Waals surface area contributed by atoms with E-state index in [0.29, 0.717) is 28.5 Å². The second-order valence-electron chi connectivity index (χ2n) is 5.34. The average molecular weight is 362 g/mol. The van der Waals surface area contributed by atoms with Gasteiger partial charge in [0.15, 0.2) is 17.5 Å². The van der Waals surface area contributed by atoms with E-state index in [1.807, 2.05) is 0 Å². The van der Waals surface area contributed by atoms with Crippen molar-refractivity contribution in [1.29, 1.82) is 0 Å². The molecule has 0 N–H and O–H groups in total. The summed E-state index contributed by atoms with van der Waals surface area (Å²) in [6.07, 6.45) is 0. The summed E-state index contributed by atoms with van der Waals surface area (Å²) >= 11 is 0. The van der Waals surface area contributed by atoms with Crippen molar-refractivity contribution >= 4 is 5.97 Å². The maximum Gasteiger partial charge on any atom is 0.330 e. The van der Waals surface area contributed by atoms with Crippen LogP contribution in [0, 0.1) is 0 Å². The number of hydrogen-bond donors (Lipinski definition) is 0. The molecule has 26 heavy (non-hydrogen) atoms. The highest BCUT2D eigenvalue weighted by molar-refractivity contribution is 5.74. The Morgan fingerprint density at radius 2 is 1.73 bits per heavy atom. The smallest absolute Gasteiger partial charge is 0.330 e. The first kappa shape index (κ1) is 19.3. The molecule has 0 fully saturated rings. The van der Waals surface area contributed by atoms with E-state index >= 15 is 0 Å². The highest BCUT2D eigenvalue weighted by Gasteiger charge is 2.20. The molecule has 0 bridgehead atoms. The molecule has 1 aromatic heterocycles. The van der Waals surface area contributed by atoms with Gasteiger partial charge in [0.05, 0.1) is 33.6 Å². The zero-order chi connectivity index (χ0) is 19.3. The molecule has 0 amide bonds. The van der Waals surface area contributed by atoms with Crippen molar-refractivity contribution in [2.45, 2.75) is 19.9 Å². The molecule has 2 aromatic rings. The van der Waals surface area contributed by atoms with Crippen LogP contribution in [0.15, 0.2) is 29.1 Å². The molecule has 0 saturated heterocycles. The molecule has 0 radical (unpaired) electrons. The fourth-order valence-electron chi connectivity index (χ4n) is 2.45. The van der Waals surface area contributed by atoms with E-state index in [1.54, 1.807) is 32.0 Å². The average Bonchev–Trinajstić information content (AvgIpc) is 2.66. The Balaban J connectivity index is 2.55. The van der Waals surface area contributed by atoms with Crippen LogP contribution < -0.4 is 19.8 Å². The lowest BCUT2D eigenvalue weighted by Crippen LogP contribution is -2.31. The van der Waals surface area contributed by atoms with Gasteiger partial charge in [0.1, 0.15) is 0 Å². The van der Waals surface area contributed by atoms with Gasteiger partial charge in [-0.15, -0.1) is 0 Å². The Hall–Kier alpha value is -3.03. The van der Waals surface area contributed by atoms with E-state index in [1.165, 1.54) is 27.4 Å². The standard InChI is InChI=1S/C18H22N2O6/c1-6-26-18(22)11(2)20-16(21)8-7-13(19-20)12-9-14(23-3)17(25-5)15(10-12)24-4/h7-11H,6H2,1-5H3. The van der Waals surface area contributed by atoms with Gasteiger partial charge >= 0.3 is 5.97 Å². The molecular formula is C18H22N2O6. The van der Waals surface area contributed by atoms with Gasteiger partial charge in [0, 0.05) is 11.6 Å². The van der Waals surface area contributed by atoms with Crippen molar-refractivity contribution in [3.63, 3.8) is 0 Å². The minimum absolute atomic E-state index is 0.227. The predicted octanol–water partition coefficient (Wildman–Crippen LogP) is 2.06. The first-order valence-electron chi connectivity index (χ1n) is 8.03. The molecule has 0 aliphatic carbocycles. The van der Waals surface area contributed by atoms with E-state index in [0.717, 1.165) is 4.68 Å². The van der Waals surface area contributed by atoms with Gasteiger partial charge in [0.25, 0.3) is 5.56 Å². The number of benzene rings is 1. The van der Waals surface area contributed by atoms with Crippen LogP contribution in [0.5, 0.6) is 17.2 Å². The normalized spacial score (nSPS) is 11.6. The molecular weight excluding hydrogens is 340 g/mol. The summed E-state index contributed by atoms with van der Waals surface area (Å²) in [5, 5.41) is 4.30. The van der Waals surface area contributed by atoms with E-state index in [-0.39, 0.29) is 6.61 Å². The second kappa shape index (κ2) is 8.37. The zero-order valence-corrected chi connectivity index (χ0v) is 15.4. The largest absolute Gasteiger partial charge is 0.493 e. The lowest BCUT2D eigenvalue weighted by Gasteiger charge is -2.16. The number of rotatable bonds is 7. The second-order valence-corrected chi connectivity index (χ2v) is 5.34. The topological polar surface area (TPSA) is 88.9 Å². The molecule has 0 aliphatic rings. The third-order valence-corrected chi connectivity index (χ3v) is 3.78. The van der Waals surface area contributed by atoms with Crippen molar-refractivity contribution in [2.75, 3.05) is 27.9 Å². The summed E-state index contributed by atoms with van der Waals surface area (Å²) in [6.45, 7) is 3.49.